The lowest BCUT2D eigenvalue weighted by Gasteiger charge is -2.03. The average molecular weight is 258 g/mol. The molecule has 1 unspecified atom stereocenters. The summed E-state index contributed by atoms with van der Waals surface area (Å²) in [5, 5.41) is 19.5. The van der Waals surface area contributed by atoms with E-state index in [0.29, 0.717) is 22.5 Å². The molecule has 0 aromatic carbocycles. The summed E-state index contributed by atoms with van der Waals surface area (Å²) < 4.78 is 5.90. The molecular formula is C8H8BrN3O2. The molecule has 1 atom stereocenters. The minimum absolute atomic E-state index is 0.387. The quantitative estimate of drug-likeness (QED) is 0.873. The van der Waals surface area contributed by atoms with Crippen LogP contribution >= 0.6 is 15.9 Å². The maximum atomic E-state index is 9.67. The first-order valence-corrected chi connectivity index (χ1v) is 4.83. The highest BCUT2D eigenvalue weighted by Gasteiger charge is 2.13. The number of aliphatic hydroxyl groups is 1. The molecule has 0 aliphatic rings. The number of H-pyrrole nitrogens is 1. The summed E-state index contributed by atoms with van der Waals surface area (Å²) in [5.41, 5.74) is 0.512. The predicted molar refractivity (Wildman–Crippen MR) is 51.5 cm³/mol. The fourth-order valence-electron chi connectivity index (χ4n) is 1.13. The van der Waals surface area contributed by atoms with Gasteiger partial charge in [-0.25, -0.2) is 0 Å². The molecule has 0 amide bonds. The fraction of sp³-hybridized carbons (Fsp3) is 0.250. The Kier molecular flexibility index (Phi) is 2.64. The van der Waals surface area contributed by atoms with E-state index in [2.05, 4.69) is 31.3 Å². The largest absolute Gasteiger partial charge is 0.454 e. The van der Waals surface area contributed by atoms with E-state index in [-0.39, 0.29) is 0 Å². The monoisotopic (exact) mass is 257 g/mol. The summed E-state index contributed by atoms with van der Waals surface area (Å²) in [6.45, 7) is 0. The van der Waals surface area contributed by atoms with Crippen molar-refractivity contribution < 1.29 is 9.52 Å². The second-order valence-corrected chi connectivity index (χ2v) is 3.60. The molecule has 0 fully saturated rings. The van der Waals surface area contributed by atoms with Crippen LogP contribution in [0.3, 0.4) is 0 Å². The van der Waals surface area contributed by atoms with E-state index in [1.54, 1.807) is 12.1 Å². The van der Waals surface area contributed by atoms with E-state index in [1.807, 2.05) is 0 Å². The molecule has 2 rings (SSSR count). The number of hydrogen-bond acceptors (Lipinski definition) is 4. The molecule has 2 aromatic rings. The van der Waals surface area contributed by atoms with Gasteiger partial charge in [0.15, 0.2) is 4.67 Å². The van der Waals surface area contributed by atoms with Crippen LogP contribution in [0.1, 0.15) is 17.6 Å². The Bertz CT molecular complexity index is 398. The number of nitrogens with one attached hydrogen (secondary N) is 1. The molecule has 0 bridgehead atoms. The molecule has 0 saturated heterocycles. The summed E-state index contributed by atoms with van der Waals surface area (Å²) in [4.78, 5) is 0. The van der Waals surface area contributed by atoms with Crippen molar-refractivity contribution in [2.24, 2.45) is 0 Å². The molecule has 14 heavy (non-hydrogen) atoms. The number of halogens is 1. The van der Waals surface area contributed by atoms with Crippen LogP contribution in [0.5, 0.6) is 0 Å². The van der Waals surface area contributed by atoms with Crippen LogP contribution in [0.25, 0.3) is 0 Å². The number of aliphatic hydroxyl groups excluding tert-OH is 1. The average Bonchev–Trinajstić information content (AvgIpc) is 2.75. The second-order valence-electron chi connectivity index (χ2n) is 2.82. The SMILES string of the molecule is OC(Cc1ccc(Br)o1)c1cn[nH]n1. The van der Waals surface area contributed by atoms with Gasteiger partial charge in [0.1, 0.15) is 17.6 Å². The maximum Gasteiger partial charge on any atom is 0.169 e. The van der Waals surface area contributed by atoms with Gasteiger partial charge in [0, 0.05) is 6.42 Å². The Balaban J connectivity index is 2.05. The summed E-state index contributed by atoms with van der Waals surface area (Å²) in [7, 11) is 0. The summed E-state index contributed by atoms with van der Waals surface area (Å²) in [6, 6.07) is 3.58. The van der Waals surface area contributed by atoms with Gasteiger partial charge in [-0.2, -0.15) is 15.4 Å². The molecule has 2 N–H and O–H groups in total. The van der Waals surface area contributed by atoms with Gasteiger partial charge < -0.3 is 9.52 Å². The predicted octanol–water partition coefficient (Wildman–Crippen LogP) is 1.44. The molecular weight excluding hydrogens is 250 g/mol. The normalized spacial score (nSPS) is 13.0. The van der Waals surface area contributed by atoms with E-state index in [1.165, 1.54) is 6.20 Å². The van der Waals surface area contributed by atoms with Gasteiger partial charge in [-0.15, -0.1) is 0 Å². The van der Waals surface area contributed by atoms with Gasteiger partial charge in [0.05, 0.1) is 6.20 Å². The Morgan fingerprint density at radius 3 is 3.00 bits per heavy atom. The summed E-state index contributed by atoms with van der Waals surface area (Å²) >= 11 is 3.19. The lowest BCUT2D eigenvalue weighted by Crippen LogP contribution is -2.01. The van der Waals surface area contributed by atoms with Crippen LogP contribution in [0, 0.1) is 0 Å². The number of rotatable bonds is 3. The van der Waals surface area contributed by atoms with Crippen molar-refractivity contribution in [2.75, 3.05) is 0 Å². The number of aromatic nitrogens is 3. The summed E-state index contributed by atoms with van der Waals surface area (Å²) in [6.07, 6.45) is 1.19. The highest BCUT2D eigenvalue weighted by molar-refractivity contribution is 9.10. The molecule has 2 aromatic heterocycles. The Labute approximate surface area is 88.3 Å². The van der Waals surface area contributed by atoms with Gasteiger partial charge in [0.2, 0.25) is 0 Å². The lowest BCUT2D eigenvalue weighted by atomic mass is 10.2. The third kappa shape index (κ3) is 2.02. The Morgan fingerprint density at radius 1 is 1.57 bits per heavy atom. The van der Waals surface area contributed by atoms with E-state index in [0.717, 1.165) is 0 Å². The first kappa shape index (κ1) is 9.42. The fourth-order valence-corrected chi connectivity index (χ4v) is 1.47. The highest BCUT2D eigenvalue weighted by Crippen LogP contribution is 2.19. The van der Waals surface area contributed by atoms with Crippen LogP contribution in [0.2, 0.25) is 0 Å². The molecule has 0 aliphatic heterocycles. The highest BCUT2D eigenvalue weighted by atomic mass is 79.9. The molecule has 0 aliphatic carbocycles. The molecule has 5 nitrogen and oxygen atoms in total. The molecule has 0 spiro atoms. The molecule has 74 valence electrons. The third-order valence-electron chi connectivity index (χ3n) is 1.80. The van der Waals surface area contributed by atoms with Crippen molar-refractivity contribution in [1.29, 1.82) is 0 Å². The molecule has 0 saturated carbocycles. The van der Waals surface area contributed by atoms with E-state index in [9.17, 15) is 5.11 Å². The van der Waals surface area contributed by atoms with E-state index < -0.39 is 6.10 Å². The smallest absolute Gasteiger partial charge is 0.169 e. The minimum Gasteiger partial charge on any atom is -0.454 e. The van der Waals surface area contributed by atoms with Gasteiger partial charge in [-0.05, 0) is 28.1 Å². The number of furan rings is 1. The number of aromatic amines is 1. The molecule has 6 heteroatoms. The zero-order valence-corrected chi connectivity index (χ0v) is 8.73. The van der Waals surface area contributed by atoms with Crippen LogP contribution in [-0.4, -0.2) is 20.5 Å². The van der Waals surface area contributed by atoms with E-state index >= 15 is 0 Å². The molecule has 2 heterocycles. The van der Waals surface area contributed by atoms with Crippen LogP contribution < -0.4 is 0 Å². The third-order valence-corrected chi connectivity index (χ3v) is 2.22. The Hall–Kier alpha value is -1.14. The lowest BCUT2D eigenvalue weighted by molar-refractivity contribution is 0.165. The topological polar surface area (TPSA) is 74.9 Å². The van der Waals surface area contributed by atoms with Gasteiger partial charge >= 0.3 is 0 Å². The zero-order valence-electron chi connectivity index (χ0n) is 7.14. The van der Waals surface area contributed by atoms with Crippen molar-refractivity contribution in [3.63, 3.8) is 0 Å². The van der Waals surface area contributed by atoms with Crippen molar-refractivity contribution in [3.8, 4) is 0 Å². The van der Waals surface area contributed by atoms with Crippen molar-refractivity contribution in [1.82, 2.24) is 15.4 Å². The molecule has 0 radical (unpaired) electrons. The first-order chi connectivity index (χ1) is 6.75. The van der Waals surface area contributed by atoms with Crippen molar-refractivity contribution in [3.05, 3.63) is 34.5 Å². The van der Waals surface area contributed by atoms with E-state index in [4.69, 9.17) is 4.42 Å². The summed E-state index contributed by atoms with van der Waals surface area (Å²) in [5.74, 6) is 0.701. The zero-order chi connectivity index (χ0) is 9.97. The second kappa shape index (κ2) is 3.93. The van der Waals surface area contributed by atoms with Gasteiger partial charge in [0.25, 0.3) is 0 Å². The standard InChI is InChI=1S/C8H8BrN3O2/c9-8-2-1-5(14-8)3-7(13)6-4-10-12-11-6/h1-2,4,7,13H,3H2,(H,10,11,12). The number of nitrogens with zero attached hydrogens (tertiary/aromatic N) is 2. The van der Waals surface area contributed by atoms with Crippen molar-refractivity contribution in [2.45, 2.75) is 12.5 Å². The van der Waals surface area contributed by atoms with Crippen molar-refractivity contribution >= 4 is 15.9 Å². The van der Waals surface area contributed by atoms with Crippen LogP contribution in [-0.2, 0) is 6.42 Å². The minimum atomic E-state index is -0.688. The Morgan fingerprint density at radius 2 is 2.43 bits per heavy atom. The van der Waals surface area contributed by atoms with Gasteiger partial charge in [-0.3, -0.25) is 0 Å². The first-order valence-electron chi connectivity index (χ1n) is 4.03. The number of hydrogen-bond donors (Lipinski definition) is 2. The van der Waals surface area contributed by atoms with Crippen LogP contribution in [0.15, 0.2) is 27.4 Å². The maximum absolute atomic E-state index is 9.67. The van der Waals surface area contributed by atoms with Gasteiger partial charge in [-0.1, -0.05) is 0 Å². The van der Waals surface area contributed by atoms with Crippen LogP contribution in [0.4, 0.5) is 0 Å².